The van der Waals surface area contributed by atoms with Crippen LogP contribution in [0.5, 0.6) is 17.2 Å². The van der Waals surface area contributed by atoms with E-state index in [0.29, 0.717) is 34.8 Å². The van der Waals surface area contributed by atoms with E-state index < -0.39 is 5.97 Å². The van der Waals surface area contributed by atoms with Gasteiger partial charge in [-0.1, -0.05) is 101 Å². The van der Waals surface area contributed by atoms with Crippen molar-refractivity contribution in [3.8, 4) is 17.2 Å². The number of nitrogens with zero attached hydrogens (tertiary/aromatic N) is 1. The molecule has 0 heterocycles. The standard InChI is InChI=1S/C34H44N2O5/c1-4-5-6-7-8-9-10-11-12-13-14-19-33(37)36-35-25-29-28-18-16-15-17-26(28)20-22-30(29)41-34(38)27-21-23-31(39-2)32(24-27)40-3/h15-18,20-25H,4-14,19H2,1-3H3,(H,36,37). The number of unbranched alkanes of at least 4 members (excludes halogenated alkanes) is 10. The second-order valence-corrected chi connectivity index (χ2v) is 10.2. The summed E-state index contributed by atoms with van der Waals surface area (Å²) >= 11 is 0. The number of esters is 1. The van der Waals surface area contributed by atoms with E-state index in [0.717, 1.165) is 30.0 Å². The predicted octanol–water partition coefficient (Wildman–Crippen LogP) is 8.23. The lowest BCUT2D eigenvalue weighted by atomic mass is 10.0. The van der Waals surface area contributed by atoms with Gasteiger partial charge in [-0.15, -0.1) is 0 Å². The summed E-state index contributed by atoms with van der Waals surface area (Å²) in [5.41, 5.74) is 3.55. The van der Waals surface area contributed by atoms with E-state index in [4.69, 9.17) is 14.2 Å². The fraction of sp³-hybridized carbons (Fsp3) is 0.441. The Morgan fingerprint density at radius 3 is 2.07 bits per heavy atom. The summed E-state index contributed by atoms with van der Waals surface area (Å²) in [7, 11) is 3.05. The number of nitrogens with one attached hydrogen (secondary N) is 1. The number of rotatable bonds is 18. The summed E-state index contributed by atoms with van der Waals surface area (Å²) in [6.45, 7) is 2.25. The Bertz CT molecular complexity index is 1290. The number of benzene rings is 3. The summed E-state index contributed by atoms with van der Waals surface area (Å²) in [4.78, 5) is 25.4. The van der Waals surface area contributed by atoms with Crippen molar-refractivity contribution < 1.29 is 23.8 Å². The maximum absolute atomic E-state index is 13.0. The Morgan fingerprint density at radius 1 is 0.756 bits per heavy atom. The van der Waals surface area contributed by atoms with Crippen LogP contribution in [-0.2, 0) is 4.79 Å². The lowest BCUT2D eigenvalue weighted by Crippen LogP contribution is -2.17. The zero-order valence-corrected chi connectivity index (χ0v) is 24.7. The van der Waals surface area contributed by atoms with Crippen molar-refractivity contribution in [2.45, 2.75) is 84.0 Å². The number of hydrogen-bond acceptors (Lipinski definition) is 6. The third kappa shape index (κ3) is 10.2. The molecule has 0 aromatic heterocycles. The average molecular weight is 561 g/mol. The first-order chi connectivity index (χ1) is 20.1. The van der Waals surface area contributed by atoms with Crippen LogP contribution in [0.25, 0.3) is 10.8 Å². The first-order valence-corrected chi connectivity index (χ1v) is 14.8. The maximum Gasteiger partial charge on any atom is 0.343 e. The number of carbonyl (C=O) groups excluding carboxylic acids is 2. The molecule has 1 amide bonds. The molecule has 0 spiro atoms. The second-order valence-electron chi connectivity index (χ2n) is 10.2. The molecule has 3 rings (SSSR count). The molecule has 0 radical (unpaired) electrons. The van der Waals surface area contributed by atoms with Gasteiger partial charge in [0.25, 0.3) is 0 Å². The van der Waals surface area contributed by atoms with E-state index in [1.54, 1.807) is 24.3 Å². The first-order valence-electron chi connectivity index (χ1n) is 14.8. The molecule has 220 valence electrons. The van der Waals surface area contributed by atoms with E-state index in [-0.39, 0.29) is 5.91 Å². The van der Waals surface area contributed by atoms with E-state index in [1.807, 2.05) is 30.3 Å². The van der Waals surface area contributed by atoms with Gasteiger partial charge in [-0.05, 0) is 41.5 Å². The highest BCUT2D eigenvalue weighted by Crippen LogP contribution is 2.30. The molecule has 0 aliphatic heterocycles. The lowest BCUT2D eigenvalue weighted by molar-refractivity contribution is -0.121. The third-order valence-electron chi connectivity index (χ3n) is 7.14. The van der Waals surface area contributed by atoms with Gasteiger partial charge in [0, 0.05) is 12.0 Å². The number of methoxy groups -OCH3 is 2. The van der Waals surface area contributed by atoms with E-state index in [1.165, 1.54) is 71.8 Å². The first kappa shape index (κ1) is 31.7. The average Bonchev–Trinajstić information content (AvgIpc) is 3.00. The molecular weight excluding hydrogens is 516 g/mol. The molecule has 3 aromatic carbocycles. The highest BCUT2D eigenvalue weighted by atomic mass is 16.5. The van der Waals surface area contributed by atoms with Crippen LogP contribution in [0.3, 0.4) is 0 Å². The van der Waals surface area contributed by atoms with Crippen LogP contribution in [0.4, 0.5) is 0 Å². The molecule has 41 heavy (non-hydrogen) atoms. The molecule has 0 aliphatic carbocycles. The minimum Gasteiger partial charge on any atom is -0.493 e. The van der Waals surface area contributed by atoms with E-state index in [9.17, 15) is 9.59 Å². The molecule has 0 unspecified atom stereocenters. The second kappa shape index (κ2) is 17.7. The normalized spacial score (nSPS) is 11.1. The number of hydrazone groups is 1. The molecule has 0 fully saturated rings. The molecule has 3 aromatic rings. The van der Waals surface area contributed by atoms with E-state index >= 15 is 0 Å². The summed E-state index contributed by atoms with van der Waals surface area (Å²) in [6, 6.07) is 16.2. The van der Waals surface area contributed by atoms with Crippen molar-refractivity contribution >= 4 is 28.9 Å². The zero-order chi connectivity index (χ0) is 29.3. The molecule has 7 heteroatoms. The summed E-state index contributed by atoms with van der Waals surface area (Å²) in [5, 5.41) is 6.02. The molecular formula is C34H44N2O5. The predicted molar refractivity (Wildman–Crippen MR) is 165 cm³/mol. The van der Waals surface area contributed by atoms with Gasteiger partial charge in [0.05, 0.1) is 26.0 Å². The van der Waals surface area contributed by atoms with Crippen molar-refractivity contribution in [3.63, 3.8) is 0 Å². The van der Waals surface area contributed by atoms with Crippen LogP contribution in [0, 0.1) is 0 Å². The molecule has 1 N–H and O–H groups in total. The van der Waals surface area contributed by atoms with Crippen molar-refractivity contribution in [1.82, 2.24) is 5.43 Å². The Morgan fingerprint density at radius 2 is 1.39 bits per heavy atom. The fourth-order valence-corrected chi connectivity index (χ4v) is 4.79. The number of hydrogen-bond donors (Lipinski definition) is 1. The lowest BCUT2D eigenvalue weighted by Gasteiger charge is -2.12. The minimum absolute atomic E-state index is 0.124. The van der Waals surface area contributed by atoms with Gasteiger partial charge < -0.3 is 14.2 Å². The molecule has 0 saturated heterocycles. The van der Waals surface area contributed by atoms with Gasteiger partial charge >= 0.3 is 5.97 Å². The molecule has 0 aliphatic rings. The molecule has 7 nitrogen and oxygen atoms in total. The van der Waals surface area contributed by atoms with Gasteiger partial charge in [-0.3, -0.25) is 4.79 Å². The van der Waals surface area contributed by atoms with Gasteiger partial charge in [0.1, 0.15) is 5.75 Å². The Balaban J connectivity index is 1.53. The summed E-state index contributed by atoms with van der Waals surface area (Å²) < 4.78 is 16.3. The monoisotopic (exact) mass is 560 g/mol. The smallest absolute Gasteiger partial charge is 0.343 e. The van der Waals surface area contributed by atoms with Crippen LogP contribution >= 0.6 is 0 Å². The maximum atomic E-state index is 13.0. The highest BCUT2D eigenvalue weighted by Gasteiger charge is 2.16. The Hall–Kier alpha value is -3.87. The largest absolute Gasteiger partial charge is 0.493 e. The Kier molecular flexibility index (Phi) is 13.7. The number of carbonyl (C=O) groups is 2. The molecule has 0 bridgehead atoms. The van der Waals surface area contributed by atoms with Crippen LogP contribution in [0.15, 0.2) is 59.7 Å². The van der Waals surface area contributed by atoms with Gasteiger partial charge in [-0.2, -0.15) is 5.10 Å². The molecule has 0 atom stereocenters. The van der Waals surface area contributed by atoms with Gasteiger partial charge in [0.2, 0.25) is 5.91 Å². The number of amides is 1. The van der Waals surface area contributed by atoms with Crippen molar-refractivity contribution in [2.24, 2.45) is 5.10 Å². The zero-order valence-electron chi connectivity index (χ0n) is 24.7. The number of ether oxygens (including phenoxy) is 3. The summed E-state index contributed by atoms with van der Waals surface area (Å²) in [6.07, 6.45) is 15.6. The SMILES string of the molecule is CCCCCCCCCCCCCC(=O)NN=Cc1c(OC(=O)c2ccc(OC)c(OC)c2)ccc2ccccc12. The minimum atomic E-state index is -0.545. The summed E-state index contributed by atoms with van der Waals surface area (Å²) in [5.74, 6) is 0.624. The topological polar surface area (TPSA) is 86.2 Å². The van der Waals surface area contributed by atoms with Crippen molar-refractivity contribution in [1.29, 1.82) is 0 Å². The quantitative estimate of drug-likeness (QED) is 0.0557. The van der Waals surface area contributed by atoms with Crippen LogP contribution in [0.1, 0.15) is 99.9 Å². The number of fused-ring (bicyclic) bond motifs is 1. The van der Waals surface area contributed by atoms with Crippen molar-refractivity contribution in [2.75, 3.05) is 14.2 Å². The third-order valence-corrected chi connectivity index (χ3v) is 7.14. The van der Waals surface area contributed by atoms with Crippen molar-refractivity contribution in [3.05, 3.63) is 65.7 Å². The van der Waals surface area contributed by atoms with Crippen LogP contribution in [0.2, 0.25) is 0 Å². The van der Waals surface area contributed by atoms with E-state index in [2.05, 4.69) is 17.5 Å². The van der Waals surface area contributed by atoms with Gasteiger partial charge in [0.15, 0.2) is 11.5 Å². The fourth-order valence-electron chi connectivity index (χ4n) is 4.79. The van der Waals surface area contributed by atoms with Crippen LogP contribution in [-0.4, -0.2) is 32.3 Å². The highest BCUT2D eigenvalue weighted by molar-refractivity contribution is 6.04. The van der Waals surface area contributed by atoms with Crippen LogP contribution < -0.4 is 19.6 Å². The molecule has 0 saturated carbocycles. The van der Waals surface area contributed by atoms with Gasteiger partial charge in [-0.25, -0.2) is 10.2 Å². The Labute approximate surface area is 244 Å².